The molecule has 0 atom stereocenters. The molecule has 0 aromatic heterocycles. The average molecular weight is 365 g/mol. The van der Waals surface area contributed by atoms with Gasteiger partial charge in [-0.3, -0.25) is 0 Å². The number of allylic oxidation sites excluding steroid dienone is 2. The molecule has 0 saturated heterocycles. The monoisotopic (exact) mass is 364 g/mol. The quantitative estimate of drug-likeness (QED) is 0.132. The fourth-order valence-electron chi connectivity index (χ4n) is 3.72. The van der Waals surface area contributed by atoms with E-state index in [0.29, 0.717) is 0 Å². The van der Waals surface area contributed by atoms with Crippen LogP contribution in [0.4, 0.5) is 0 Å². The van der Waals surface area contributed by atoms with E-state index in [-0.39, 0.29) is 0 Å². The van der Waals surface area contributed by atoms with Crippen LogP contribution >= 0.6 is 0 Å². The molecule has 26 heavy (non-hydrogen) atoms. The maximum absolute atomic E-state index is 2.40. The minimum absolute atomic E-state index is 1.29. The van der Waals surface area contributed by atoms with Crippen molar-refractivity contribution >= 4 is 0 Å². The van der Waals surface area contributed by atoms with E-state index in [4.69, 9.17) is 0 Å². The van der Waals surface area contributed by atoms with Crippen LogP contribution in [0.5, 0.6) is 0 Å². The van der Waals surface area contributed by atoms with E-state index in [9.17, 15) is 0 Å². The molecule has 0 aromatic carbocycles. The first-order valence-electron chi connectivity index (χ1n) is 12.6. The van der Waals surface area contributed by atoms with E-state index in [1.165, 1.54) is 141 Å². The maximum Gasteiger partial charge on any atom is -0.0351 e. The Balaban J connectivity index is 3.00. The van der Waals surface area contributed by atoms with Crippen LogP contribution in [0.2, 0.25) is 0 Å². The highest BCUT2D eigenvalue weighted by atomic mass is 14.0. The van der Waals surface area contributed by atoms with Crippen LogP contribution in [0.25, 0.3) is 0 Å². The lowest BCUT2D eigenvalue weighted by Crippen LogP contribution is -1.84. The third kappa shape index (κ3) is 23.7. The van der Waals surface area contributed by atoms with Crippen molar-refractivity contribution in [3.05, 3.63) is 12.2 Å². The van der Waals surface area contributed by atoms with Crippen molar-refractivity contribution in [3.8, 4) is 0 Å². The van der Waals surface area contributed by atoms with E-state index in [1.807, 2.05) is 0 Å². The molecule has 0 aromatic rings. The second-order valence-electron chi connectivity index (χ2n) is 8.41. The Hall–Kier alpha value is -0.260. The minimum Gasteiger partial charge on any atom is -0.0885 e. The first-order valence-corrected chi connectivity index (χ1v) is 12.6. The van der Waals surface area contributed by atoms with Crippen molar-refractivity contribution < 1.29 is 0 Å². The van der Waals surface area contributed by atoms with Crippen LogP contribution in [0, 0.1) is 0 Å². The number of unbranched alkanes of at least 4 members (excludes halogenated alkanes) is 20. The summed E-state index contributed by atoms with van der Waals surface area (Å²) in [5.74, 6) is 0. The van der Waals surface area contributed by atoms with Gasteiger partial charge in [-0.25, -0.2) is 0 Å². The Morgan fingerprint density at radius 1 is 0.308 bits per heavy atom. The zero-order chi connectivity index (χ0) is 19.0. The lowest BCUT2D eigenvalue weighted by molar-refractivity contribution is 0.525. The molecule has 0 amide bonds. The molecule has 0 saturated carbocycles. The molecule has 0 fully saturated rings. The number of hydrogen-bond acceptors (Lipinski definition) is 0. The summed E-state index contributed by atoms with van der Waals surface area (Å²) < 4.78 is 0. The topological polar surface area (TPSA) is 0 Å². The number of rotatable bonds is 22. The first kappa shape index (κ1) is 25.7. The van der Waals surface area contributed by atoms with E-state index in [2.05, 4.69) is 26.0 Å². The molecule has 0 radical (unpaired) electrons. The van der Waals surface area contributed by atoms with Crippen LogP contribution in [-0.2, 0) is 0 Å². The summed E-state index contributed by atoms with van der Waals surface area (Å²) in [6.45, 7) is 4.57. The fraction of sp³-hybridized carbons (Fsp3) is 0.923. The molecule has 0 aliphatic carbocycles. The SMILES string of the molecule is CCCC/C=C/CCCCCCCCCCCCCCCCCCCC. The van der Waals surface area contributed by atoms with Crippen molar-refractivity contribution in [1.82, 2.24) is 0 Å². The van der Waals surface area contributed by atoms with Crippen molar-refractivity contribution in [1.29, 1.82) is 0 Å². The summed E-state index contributed by atoms with van der Waals surface area (Å²) in [6.07, 6.45) is 36.4. The molecule has 0 rings (SSSR count). The zero-order valence-electron chi connectivity index (χ0n) is 18.7. The second-order valence-corrected chi connectivity index (χ2v) is 8.41. The van der Waals surface area contributed by atoms with E-state index in [1.54, 1.807) is 0 Å². The van der Waals surface area contributed by atoms with Crippen molar-refractivity contribution in [2.45, 2.75) is 155 Å². The van der Waals surface area contributed by atoms with Crippen molar-refractivity contribution in [3.63, 3.8) is 0 Å². The Bertz CT molecular complexity index is 253. The van der Waals surface area contributed by atoms with Gasteiger partial charge in [-0.15, -0.1) is 0 Å². The summed E-state index contributed by atoms with van der Waals surface area (Å²) in [6, 6.07) is 0. The van der Waals surface area contributed by atoms with Gasteiger partial charge in [0, 0.05) is 0 Å². The standard InChI is InChI=1S/C26H52/c1-3-5-7-9-11-13-15-17-19-21-23-25-26-24-22-20-18-16-14-12-10-8-6-4-2/h9,11H,3-8,10,12-26H2,1-2H3/b11-9+. The summed E-state index contributed by atoms with van der Waals surface area (Å²) >= 11 is 0. The van der Waals surface area contributed by atoms with Crippen LogP contribution in [0.15, 0.2) is 12.2 Å². The molecule has 0 spiro atoms. The third-order valence-corrected chi connectivity index (χ3v) is 5.62. The van der Waals surface area contributed by atoms with Crippen LogP contribution in [0.1, 0.15) is 155 Å². The molecule has 0 bridgehead atoms. The first-order chi connectivity index (χ1) is 12.9. The maximum atomic E-state index is 2.40. The van der Waals surface area contributed by atoms with Gasteiger partial charge < -0.3 is 0 Å². The smallest absolute Gasteiger partial charge is 0.0351 e. The Labute approximate surface area is 167 Å². The van der Waals surface area contributed by atoms with Gasteiger partial charge in [0.2, 0.25) is 0 Å². The lowest BCUT2D eigenvalue weighted by atomic mass is 10.0. The van der Waals surface area contributed by atoms with E-state index in [0.717, 1.165) is 0 Å². The normalized spacial score (nSPS) is 11.6. The lowest BCUT2D eigenvalue weighted by Gasteiger charge is -2.03. The van der Waals surface area contributed by atoms with Gasteiger partial charge in [-0.1, -0.05) is 148 Å². The summed E-state index contributed by atoms with van der Waals surface area (Å²) in [5.41, 5.74) is 0. The van der Waals surface area contributed by atoms with Gasteiger partial charge >= 0.3 is 0 Å². The van der Waals surface area contributed by atoms with Gasteiger partial charge in [0.05, 0.1) is 0 Å². The molecule has 0 heterocycles. The Morgan fingerprint density at radius 3 is 0.923 bits per heavy atom. The molecule has 156 valence electrons. The highest BCUT2D eigenvalue weighted by molar-refractivity contribution is 4.81. The zero-order valence-corrected chi connectivity index (χ0v) is 18.7. The van der Waals surface area contributed by atoms with Crippen LogP contribution < -0.4 is 0 Å². The van der Waals surface area contributed by atoms with Gasteiger partial charge in [-0.2, -0.15) is 0 Å². The second kappa shape index (κ2) is 24.7. The Kier molecular flexibility index (Phi) is 24.5. The van der Waals surface area contributed by atoms with Gasteiger partial charge in [-0.05, 0) is 19.3 Å². The summed E-state index contributed by atoms with van der Waals surface area (Å²) in [7, 11) is 0. The van der Waals surface area contributed by atoms with E-state index < -0.39 is 0 Å². The van der Waals surface area contributed by atoms with E-state index >= 15 is 0 Å². The summed E-state index contributed by atoms with van der Waals surface area (Å²) in [5, 5.41) is 0. The molecule has 0 unspecified atom stereocenters. The highest BCUT2D eigenvalue weighted by Crippen LogP contribution is 2.14. The fourth-order valence-corrected chi connectivity index (χ4v) is 3.72. The summed E-state index contributed by atoms with van der Waals surface area (Å²) in [4.78, 5) is 0. The molecule has 0 N–H and O–H groups in total. The Morgan fingerprint density at radius 2 is 0.577 bits per heavy atom. The van der Waals surface area contributed by atoms with Gasteiger partial charge in [0.1, 0.15) is 0 Å². The predicted octanol–water partition coefficient (Wildman–Crippen LogP) is 10.2. The largest absolute Gasteiger partial charge is 0.0885 e. The van der Waals surface area contributed by atoms with Crippen LogP contribution in [-0.4, -0.2) is 0 Å². The average Bonchev–Trinajstić information content (AvgIpc) is 2.66. The van der Waals surface area contributed by atoms with Crippen molar-refractivity contribution in [2.75, 3.05) is 0 Å². The van der Waals surface area contributed by atoms with Crippen LogP contribution in [0.3, 0.4) is 0 Å². The third-order valence-electron chi connectivity index (χ3n) is 5.62. The van der Waals surface area contributed by atoms with Gasteiger partial charge in [0.15, 0.2) is 0 Å². The number of hydrogen-bond donors (Lipinski definition) is 0. The predicted molar refractivity (Wildman–Crippen MR) is 122 cm³/mol. The van der Waals surface area contributed by atoms with Crippen molar-refractivity contribution in [2.24, 2.45) is 0 Å². The molecule has 0 aliphatic rings. The molecular weight excluding hydrogens is 312 g/mol. The molecule has 0 nitrogen and oxygen atoms in total. The minimum atomic E-state index is 1.29. The molecule has 0 aliphatic heterocycles. The molecular formula is C26H52. The molecule has 0 heteroatoms. The van der Waals surface area contributed by atoms with Gasteiger partial charge in [0.25, 0.3) is 0 Å². The highest BCUT2D eigenvalue weighted by Gasteiger charge is 1.94.